The molecular weight excluding hydrogens is 182 g/mol. The van der Waals surface area contributed by atoms with Crippen LogP contribution in [0.2, 0.25) is 0 Å². The highest BCUT2D eigenvalue weighted by Gasteiger charge is 2.15. The van der Waals surface area contributed by atoms with Crippen LogP contribution >= 0.6 is 0 Å². The highest BCUT2D eigenvalue weighted by atomic mass is 14.9. The molecule has 1 aliphatic heterocycles. The largest absolute Gasteiger partial charge is 0.314 e. The van der Waals surface area contributed by atoms with Crippen molar-refractivity contribution in [3.05, 3.63) is 11.6 Å². The van der Waals surface area contributed by atoms with E-state index in [-0.39, 0.29) is 0 Å². The minimum atomic E-state index is 0.774. The van der Waals surface area contributed by atoms with Crippen molar-refractivity contribution in [1.29, 1.82) is 0 Å². The van der Waals surface area contributed by atoms with Crippen LogP contribution in [0.25, 0.3) is 0 Å². The van der Waals surface area contributed by atoms with E-state index in [1.54, 1.807) is 5.57 Å². The van der Waals surface area contributed by atoms with Gasteiger partial charge in [0, 0.05) is 6.04 Å². The molecule has 1 nitrogen and oxygen atoms in total. The lowest BCUT2D eigenvalue weighted by Gasteiger charge is -2.24. The molecule has 0 spiro atoms. The van der Waals surface area contributed by atoms with E-state index in [2.05, 4.69) is 18.3 Å². The number of hydrogen-bond donors (Lipinski definition) is 1. The van der Waals surface area contributed by atoms with Gasteiger partial charge >= 0.3 is 0 Å². The Kier molecular flexibility index (Phi) is 4.25. The smallest absolute Gasteiger partial charge is 0.0104 e. The van der Waals surface area contributed by atoms with E-state index in [1.165, 1.54) is 57.9 Å². The van der Waals surface area contributed by atoms with Gasteiger partial charge in [-0.1, -0.05) is 30.9 Å². The predicted octanol–water partition coefficient (Wildman–Crippen LogP) is 3.66. The van der Waals surface area contributed by atoms with Crippen molar-refractivity contribution in [2.24, 2.45) is 5.92 Å². The second-order valence-corrected chi connectivity index (χ2v) is 5.41. The summed E-state index contributed by atoms with van der Waals surface area (Å²) in [6, 6.07) is 0.774. The van der Waals surface area contributed by atoms with Crippen LogP contribution in [0.4, 0.5) is 0 Å². The normalized spacial score (nSPS) is 29.7. The van der Waals surface area contributed by atoms with Gasteiger partial charge in [0.1, 0.15) is 0 Å². The molecule has 2 aliphatic rings. The number of allylic oxidation sites excluding steroid dienone is 1. The van der Waals surface area contributed by atoms with Crippen molar-refractivity contribution in [3.63, 3.8) is 0 Å². The summed E-state index contributed by atoms with van der Waals surface area (Å²) in [5, 5.41) is 3.63. The number of nitrogens with one attached hydrogen (secondary N) is 1. The second-order valence-electron chi connectivity index (χ2n) is 5.41. The molecule has 15 heavy (non-hydrogen) atoms. The van der Waals surface area contributed by atoms with Gasteiger partial charge in [0.2, 0.25) is 0 Å². The molecule has 1 heterocycles. The molecule has 1 atom stereocenters. The predicted molar refractivity (Wildman–Crippen MR) is 66.0 cm³/mol. The maximum Gasteiger partial charge on any atom is 0.0104 e. The van der Waals surface area contributed by atoms with E-state index in [1.807, 2.05) is 0 Å². The van der Waals surface area contributed by atoms with Gasteiger partial charge in [-0.25, -0.2) is 0 Å². The Labute approximate surface area is 94.3 Å². The monoisotopic (exact) mass is 207 g/mol. The molecule has 0 aromatic carbocycles. The van der Waals surface area contributed by atoms with Crippen LogP contribution in [0.3, 0.4) is 0 Å². The fraction of sp³-hybridized carbons (Fsp3) is 0.857. The quantitative estimate of drug-likeness (QED) is 0.696. The van der Waals surface area contributed by atoms with Crippen LogP contribution in [0.5, 0.6) is 0 Å². The number of hydrogen-bond acceptors (Lipinski definition) is 1. The van der Waals surface area contributed by atoms with Crippen LogP contribution in [-0.2, 0) is 0 Å². The lowest BCUT2D eigenvalue weighted by Crippen LogP contribution is -2.34. The molecule has 1 saturated carbocycles. The summed E-state index contributed by atoms with van der Waals surface area (Å²) in [4.78, 5) is 0. The van der Waals surface area contributed by atoms with Gasteiger partial charge in [0.15, 0.2) is 0 Å². The van der Waals surface area contributed by atoms with Crippen molar-refractivity contribution in [2.75, 3.05) is 6.54 Å². The maximum atomic E-state index is 3.63. The molecule has 86 valence electrons. The van der Waals surface area contributed by atoms with Gasteiger partial charge < -0.3 is 5.32 Å². The summed E-state index contributed by atoms with van der Waals surface area (Å²) in [6.45, 7) is 3.57. The van der Waals surface area contributed by atoms with Crippen LogP contribution in [0.15, 0.2) is 11.6 Å². The van der Waals surface area contributed by atoms with E-state index in [4.69, 9.17) is 0 Å². The van der Waals surface area contributed by atoms with Crippen LogP contribution in [0.1, 0.15) is 58.3 Å². The molecule has 2 rings (SSSR count). The van der Waals surface area contributed by atoms with Crippen molar-refractivity contribution >= 4 is 0 Å². The molecule has 1 aliphatic carbocycles. The zero-order valence-electron chi connectivity index (χ0n) is 10.1. The molecule has 1 unspecified atom stereocenters. The highest BCUT2D eigenvalue weighted by molar-refractivity contribution is 5.04. The summed E-state index contributed by atoms with van der Waals surface area (Å²) < 4.78 is 0. The topological polar surface area (TPSA) is 12.0 Å². The van der Waals surface area contributed by atoms with Gasteiger partial charge in [-0.05, 0) is 51.5 Å². The summed E-state index contributed by atoms with van der Waals surface area (Å²) >= 11 is 0. The fourth-order valence-electron chi connectivity index (χ4n) is 3.08. The Morgan fingerprint density at radius 1 is 1.13 bits per heavy atom. The molecule has 2 fully saturated rings. The first kappa shape index (κ1) is 11.2. The van der Waals surface area contributed by atoms with E-state index in [0.717, 1.165) is 12.0 Å². The third-order valence-electron chi connectivity index (χ3n) is 3.90. The average Bonchev–Trinajstić information content (AvgIpc) is 2.71. The molecule has 0 radical (unpaired) electrons. The molecule has 0 bridgehead atoms. The van der Waals surface area contributed by atoms with Gasteiger partial charge in [0.05, 0.1) is 0 Å². The molecule has 1 saturated heterocycles. The first-order valence-corrected chi connectivity index (χ1v) is 6.75. The summed E-state index contributed by atoms with van der Waals surface area (Å²) in [5.74, 6) is 0.911. The number of rotatable bonds is 3. The zero-order chi connectivity index (χ0) is 10.5. The van der Waals surface area contributed by atoms with Crippen molar-refractivity contribution < 1.29 is 0 Å². The Bertz CT molecular complexity index is 207. The van der Waals surface area contributed by atoms with Gasteiger partial charge in [0.25, 0.3) is 0 Å². The highest BCUT2D eigenvalue weighted by Crippen LogP contribution is 2.27. The van der Waals surface area contributed by atoms with E-state index >= 15 is 0 Å². The van der Waals surface area contributed by atoms with E-state index in [0.29, 0.717) is 0 Å². The Hall–Kier alpha value is -0.300. The molecule has 0 aromatic heterocycles. The Morgan fingerprint density at radius 2 is 1.87 bits per heavy atom. The molecule has 0 amide bonds. The third-order valence-corrected chi connectivity index (χ3v) is 3.90. The van der Waals surface area contributed by atoms with Gasteiger partial charge in [-0.2, -0.15) is 0 Å². The van der Waals surface area contributed by atoms with Crippen LogP contribution < -0.4 is 5.32 Å². The summed E-state index contributed by atoms with van der Waals surface area (Å²) in [5.41, 5.74) is 1.63. The van der Waals surface area contributed by atoms with Crippen molar-refractivity contribution in [2.45, 2.75) is 64.3 Å². The SMILES string of the molecule is CC(=CC1CCCC1)CC1CCCCN1. The third kappa shape index (κ3) is 3.64. The van der Waals surface area contributed by atoms with Crippen molar-refractivity contribution in [1.82, 2.24) is 5.32 Å². The average molecular weight is 207 g/mol. The second kappa shape index (κ2) is 5.69. The van der Waals surface area contributed by atoms with E-state index in [9.17, 15) is 0 Å². The first-order valence-electron chi connectivity index (χ1n) is 6.75. The minimum Gasteiger partial charge on any atom is -0.314 e. The van der Waals surface area contributed by atoms with Crippen LogP contribution in [-0.4, -0.2) is 12.6 Å². The molecule has 0 aromatic rings. The first-order chi connectivity index (χ1) is 7.34. The zero-order valence-corrected chi connectivity index (χ0v) is 10.1. The maximum absolute atomic E-state index is 3.63. The summed E-state index contributed by atoms with van der Waals surface area (Å²) in [6.07, 6.45) is 13.8. The van der Waals surface area contributed by atoms with Gasteiger partial charge in [-0.15, -0.1) is 0 Å². The number of piperidine rings is 1. The lowest BCUT2D eigenvalue weighted by atomic mass is 9.96. The van der Waals surface area contributed by atoms with Crippen molar-refractivity contribution in [3.8, 4) is 0 Å². The Balaban J connectivity index is 1.76. The molecule has 1 N–H and O–H groups in total. The van der Waals surface area contributed by atoms with Gasteiger partial charge in [-0.3, -0.25) is 0 Å². The molecular formula is C14H25N. The Morgan fingerprint density at radius 3 is 2.53 bits per heavy atom. The van der Waals surface area contributed by atoms with E-state index < -0.39 is 0 Å². The standard InChI is InChI=1S/C14H25N/c1-12(10-13-6-2-3-7-13)11-14-8-4-5-9-15-14/h10,13-15H,2-9,11H2,1H3. The lowest BCUT2D eigenvalue weighted by molar-refractivity contribution is 0.398. The summed E-state index contributed by atoms with van der Waals surface area (Å²) in [7, 11) is 0. The minimum absolute atomic E-state index is 0.774. The molecule has 1 heteroatoms. The van der Waals surface area contributed by atoms with Crippen LogP contribution in [0, 0.1) is 5.92 Å². The fourth-order valence-corrected chi connectivity index (χ4v) is 3.08.